The summed E-state index contributed by atoms with van der Waals surface area (Å²) in [4.78, 5) is 11.8. The highest BCUT2D eigenvalue weighted by Gasteiger charge is 2.34. The van der Waals surface area contributed by atoms with E-state index in [-0.39, 0.29) is 11.9 Å². The van der Waals surface area contributed by atoms with E-state index in [2.05, 4.69) is 26.1 Å². The van der Waals surface area contributed by atoms with Gasteiger partial charge in [-0.25, -0.2) is 0 Å². The lowest BCUT2D eigenvalue weighted by atomic mass is 9.68. The maximum Gasteiger partial charge on any atom is 0.240 e. The monoisotopic (exact) mass is 288 g/mol. The minimum Gasteiger partial charge on any atom is -0.373 e. The van der Waals surface area contributed by atoms with Crippen LogP contribution in [-0.4, -0.2) is 11.9 Å². The van der Waals surface area contributed by atoms with Crippen LogP contribution >= 0.6 is 0 Å². The maximum absolute atomic E-state index is 11.8. The first kappa shape index (κ1) is 15.9. The van der Waals surface area contributed by atoms with E-state index in [1.54, 1.807) is 0 Å². The fraction of sp³-hybridized carbons (Fsp3) is 0.611. The molecule has 3 heteroatoms. The first-order valence-electron chi connectivity index (χ1n) is 7.99. The van der Waals surface area contributed by atoms with E-state index in [0.717, 1.165) is 24.4 Å². The van der Waals surface area contributed by atoms with Crippen LogP contribution < -0.4 is 11.1 Å². The van der Waals surface area contributed by atoms with E-state index in [9.17, 15) is 4.79 Å². The normalized spacial score (nSPS) is 24.3. The minimum atomic E-state index is -0.256. The van der Waals surface area contributed by atoms with Crippen molar-refractivity contribution in [2.24, 2.45) is 23.0 Å². The van der Waals surface area contributed by atoms with Gasteiger partial charge in [0.15, 0.2) is 0 Å². The number of rotatable bonds is 4. The average Bonchev–Trinajstić information content (AvgIpc) is 2.45. The Morgan fingerprint density at radius 1 is 1.14 bits per heavy atom. The number of para-hydroxylation sites is 1. The second-order valence-corrected chi connectivity index (χ2v) is 7.37. The molecular formula is C18H28N2O. The number of hydrogen-bond acceptors (Lipinski definition) is 2. The number of hydrogen-bond donors (Lipinski definition) is 2. The van der Waals surface area contributed by atoms with Crippen LogP contribution in [0.15, 0.2) is 30.3 Å². The Morgan fingerprint density at radius 2 is 1.71 bits per heavy atom. The number of nitrogens with one attached hydrogen (secondary N) is 1. The van der Waals surface area contributed by atoms with E-state index in [0.29, 0.717) is 11.3 Å². The lowest BCUT2D eigenvalue weighted by Gasteiger charge is -2.39. The van der Waals surface area contributed by atoms with Gasteiger partial charge >= 0.3 is 0 Å². The number of amides is 1. The summed E-state index contributed by atoms with van der Waals surface area (Å²) < 4.78 is 0. The van der Waals surface area contributed by atoms with E-state index in [1.165, 1.54) is 12.8 Å². The van der Waals surface area contributed by atoms with E-state index in [1.807, 2.05) is 30.3 Å². The average molecular weight is 288 g/mol. The molecule has 1 saturated carbocycles. The van der Waals surface area contributed by atoms with Crippen molar-refractivity contribution in [3.63, 3.8) is 0 Å². The maximum atomic E-state index is 11.8. The van der Waals surface area contributed by atoms with Gasteiger partial charge in [0.25, 0.3) is 0 Å². The van der Waals surface area contributed by atoms with E-state index >= 15 is 0 Å². The second kappa shape index (κ2) is 6.50. The summed E-state index contributed by atoms with van der Waals surface area (Å²) in [7, 11) is 0. The molecule has 1 aromatic rings. The highest BCUT2D eigenvalue weighted by Crippen LogP contribution is 2.41. The van der Waals surface area contributed by atoms with Gasteiger partial charge in [0.2, 0.25) is 5.91 Å². The van der Waals surface area contributed by atoms with Crippen LogP contribution in [0.2, 0.25) is 0 Å². The summed E-state index contributed by atoms with van der Waals surface area (Å²) in [6, 6.07) is 9.62. The van der Waals surface area contributed by atoms with Crippen molar-refractivity contribution < 1.29 is 4.79 Å². The first-order valence-corrected chi connectivity index (χ1v) is 7.99. The van der Waals surface area contributed by atoms with Crippen molar-refractivity contribution in [2.75, 3.05) is 5.32 Å². The number of nitrogens with two attached hydrogens (primary N) is 1. The number of primary amides is 1. The van der Waals surface area contributed by atoms with Gasteiger partial charge in [-0.2, -0.15) is 0 Å². The number of benzene rings is 1. The Hall–Kier alpha value is -1.51. The standard InChI is InChI=1S/C18H28N2O/c1-18(2,3)14-11-9-13(10-12-14)16(17(19)21)20-15-7-5-4-6-8-15/h4-8,13-14,16,20H,9-12H2,1-3H3,(H2,19,21). The molecule has 1 aliphatic carbocycles. The smallest absolute Gasteiger partial charge is 0.240 e. The summed E-state index contributed by atoms with van der Waals surface area (Å²) in [6.07, 6.45) is 4.54. The van der Waals surface area contributed by atoms with Crippen LogP contribution in [0.25, 0.3) is 0 Å². The molecule has 0 saturated heterocycles. The highest BCUT2D eigenvalue weighted by atomic mass is 16.1. The van der Waals surface area contributed by atoms with Crippen LogP contribution in [-0.2, 0) is 4.79 Å². The Balaban J connectivity index is 1.99. The van der Waals surface area contributed by atoms with Gasteiger partial charge in [-0.15, -0.1) is 0 Å². The molecule has 1 aromatic carbocycles. The molecule has 3 N–H and O–H groups in total. The summed E-state index contributed by atoms with van der Waals surface area (Å²) in [5, 5.41) is 3.33. The van der Waals surface area contributed by atoms with Crippen molar-refractivity contribution in [1.29, 1.82) is 0 Å². The van der Waals surface area contributed by atoms with Crippen molar-refractivity contribution in [2.45, 2.75) is 52.5 Å². The Morgan fingerprint density at radius 3 is 2.19 bits per heavy atom. The zero-order chi connectivity index (χ0) is 15.5. The summed E-state index contributed by atoms with van der Waals surface area (Å²) >= 11 is 0. The Kier molecular flexibility index (Phi) is 4.92. The predicted octanol–water partition coefficient (Wildman–Crippen LogP) is 3.80. The van der Waals surface area contributed by atoms with Crippen molar-refractivity contribution >= 4 is 11.6 Å². The summed E-state index contributed by atoms with van der Waals surface area (Å²) in [5.41, 5.74) is 6.97. The molecule has 0 radical (unpaired) electrons. The lowest BCUT2D eigenvalue weighted by Crippen LogP contribution is -2.43. The molecule has 1 unspecified atom stereocenters. The van der Waals surface area contributed by atoms with Crippen molar-refractivity contribution in [3.8, 4) is 0 Å². The number of anilines is 1. The molecule has 1 fully saturated rings. The lowest BCUT2D eigenvalue weighted by molar-refractivity contribution is -0.120. The molecule has 3 nitrogen and oxygen atoms in total. The predicted molar refractivity (Wildman–Crippen MR) is 88.0 cm³/mol. The molecule has 116 valence electrons. The molecule has 21 heavy (non-hydrogen) atoms. The van der Waals surface area contributed by atoms with Crippen LogP contribution in [0.3, 0.4) is 0 Å². The third kappa shape index (κ3) is 4.23. The van der Waals surface area contributed by atoms with Gasteiger partial charge in [0.05, 0.1) is 0 Å². The molecule has 2 rings (SSSR count). The first-order chi connectivity index (χ1) is 9.88. The Bertz CT molecular complexity index is 456. The molecule has 1 aliphatic rings. The molecule has 0 aromatic heterocycles. The number of carbonyl (C=O) groups is 1. The summed E-state index contributed by atoms with van der Waals surface area (Å²) in [5.74, 6) is 0.860. The zero-order valence-electron chi connectivity index (χ0n) is 13.4. The van der Waals surface area contributed by atoms with Crippen molar-refractivity contribution in [3.05, 3.63) is 30.3 Å². The van der Waals surface area contributed by atoms with Gasteiger partial charge in [0.1, 0.15) is 6.04 Å². The molecule has 1 atom stereocenters. The van der Waals surface area contributed by atoms with Gasteiger partial charge in [-0.05, 0) is 55.1 Å². The van der Waals surface area contributed by atoms with Gasteiger partial charge < -0.3 is 11.1 Å². The zero-order valence-corrected chi connectivity index (χ0v) is 13.4. The minimum absolute atomic E-state index is 0.238. The third-order valence-electron chi connectivity index (χ3n) is 4.87. The van der Waals surface area contributed by atoms with Crippen LogP contribution in [0.4, 0.5) is 5.69 Å². The largest absolute Gasteiger partial charge is 0.373 e. The Labute approximate surface area is 128 Å². The van der Waals surface area contributed by atoms with Gasteiger partial charge in [0, 0.05) is 5.69 Å². The third-order valence-corrected chi connectivity index (χ3v) is 4.87. The molecule has 0 aliphatic heterocycles. The highest BCUT2D eigenvalue weighted by molar-refractivity contribution is 5.83. The SMILES string of the molecule is CC(C)(C)C1CCC(C(Nc2ccccc2)C(N)=O)CC1. The quantitative estimate of drug-likeness (QED) is 0.885. The molecule has 1 amide bonds. The fourth-order valence-electron chi connectivity index (χ4n) is 3.45. The second-order valence-electron chi connectivity index (χ2n) is 7.37. The van der Waals surface area contributed by atoms with E-state index < -0.39 is 0 Å². The van der Waals surface area contributed by atoms with E-state index in [4.69, 9.17) is 5.73 Å². The topological polar surface area (TPSA) is 55.1 Å². The van der Waals surface area contributed by atoms with Crippen LogP contribution in [0.1, 0.15) is 46.5 Å². The number of carbonyl (C=O) groups excluding carboxylic acids is 1. The van der Waals surface area contributed by atoms with Crippen molar-refractivity contribution in [1.82, 2.24) is 0 Å². The van der Waals surface area contributed by atoms with Gasteiger partial charge in [-0.3, -0.25) is 4.79 Å². The van der Waals surface area contributed by atoms with Gasteiger partial charge in [-0.1, -0.05) is 39.0 Å². The molecular weight excluding hydrogens is 260 g/mol. The van der Waals surface area contributed by atoms with Crippen LogP contribution in [0.5, 0.6) is 0 Å². The molecule has 0 bridgehead atoms. The fourth-order valence-corrected chi connectivity index (χ4v) is 3.45. The summed E-state index contributed by atoms with van der Waals surface area (Å²) in [6.45, 7) is 6.93. The molecule has 0 spiro atoms. The van der Waals surface area contributed by atoms with Crippen LogP contribution in [0, 0.1) is 17.3 Å². The molecule has 0 heterocycles.